The Morgan fingerprint density at radius 3 is 2.59 bits per heavy atom. The summed E-state index contributed by atoms with van der Waals surface area (Å²) in [5.74, 6) is 2.79. The Balaban J connectivity index is 1.49. The van der Waals surface area contributed by atoms with Crippen molar-refractivity contribution in [1.29, 1.82) is 0 Å². The lowest BCUT2D eigenvalue weighted by molar-refractivity contribution is 0.356. The molecule has 0 saturated heterocycles. The van der Waals surface area contributed by atoms with Crippen LogP contribution in [0.4, 0.5) is 5.82 Å². The topological polar surface area (TPSA) is 72.1 Å². The molecule has 2 aromatic carbocycles. The Labute approximate surface area is 190 Å². The van der Waals surface area contributed by atoms with E-state index in [-0.39, 0.29) is 6.04 Å². The number of benzene rings is 2. The van der Waals surface area contributed by atoms with E-state index in [0.29, 0.717) is 17.3 Å². The fraction of sp³-hybridized carbons (Fsp3) is 0.200. The van der Waals surface area contributed by atoms with Crippen molar-refractivity contribution < 1.29 is 9.47 Å². The van der Waals surface area contributed by atoms with Crippen molar-refractivity contribution >= 4 is 39.0 Å². The number of H-pyrrole nitrogens is 1. The van der Waals surface area contributed by atoms with E-state index in [0.717, 1.165) is 22.2 Å². The van der Waals surface area contributed by atoms with Crippen molar-refractivity contribution in [2.45, 2.75) is 19.9 Å². The summed E-state index contributed by atoms with van der Waals surface area (Å²) in [6.45, 7) is 4.04. The molecule has 0 aliphatic rings. The van der Waals surface area contributed by atoms with Crippen molar-refractivity contribution in [3.8, 4) is 21.9 Å². The Kier molecular flexibility index (Phi) is 5.19. The molecule has 32 heavy (non-hydrogen) atoms. The Morgan fingerprint density at radius 1 is 0.969 bits per heavy atom. The second kappa shape index (κ2) is 8.16. The molecule has 0 amide bonds. The SMILES string of the molecule is COc1cc2nc(C)nc(NC(C)c3ccc(-c4cccc5[nH]ccc45)s3)c2cc1OC. The molecule has 0 aliphatic heterocycles. The summed E-state index contributed by atoms with van der Waals surface area (Å²) in [4.78, 5) is 15.0. The summed E-state index contributed by atoms with van der Waals surface area (Å²) in [5, 5.41) is 5.72. The number of aryl methyl sites for hydroxylation is 1. The third-order valence-corrected chi connectivity index (χ3v) is 6.88. The number of methoxy groups -OCH3 is 2. The first-order valence-electron chi connectivity index (χ1n) is 10.4. The van der Waals surface area contributed by atoms with Crippen LogP contribution in [-0.4, -0.2) is 29.2 Å². The number of ether oxygens (including phenoxy) is 2. The number of aromatic amines is 1. The van der Waals surface area contributed by atoms with Gasteiger partial charge in [0.15, 0.2) is 11.5 Å². The predicted molar refractivity (Wildman–Crippen MR) is 131 cm³/mol. The Morgan fingerprint density at radius 2 is 1.78 bits per heavy atom. The van der Waals surface area contributed by atoms with E-state index in [1.807, 2.05) is 25.3 Å². The lowest BCUT2D eigenvalue weighted by atomic mass is 10.1. The van der Waals surface area contributed by atoms with Gasteiger partial charge in [-0.1, -0.05) is 12.1 Å². The van der Waals surface area contributed by atoms with Crippen molar-refractivity contribution in [1.82, 2.24) is 15.0 Å². The maximum atomic E-state index is 5.49. The molecule has 0 bridgehead atoms. The van der Waals surface area contributed by atoms with Gasteiger partial charge >= 0.3 is 0 Å². The van der Waals surface area contributed by atoms with Gasteiger partial charge in [0.1, 0.15) is 11.6 Å². The van der Waals surface area contributed by atoms with Gasteiger partial charge in [0.25, 0.3) is 0 Å². The lowest BCUT2D eigenvalue weighted by Crippen LogP contribution is -2.08. The Bertz CT molecular complexity index is 1420. The molecule has 2 N–H and O–H groups in total. The minimum absolute atomic E-state index is 0.0739. The molecular weight excluding hydrogens is 420 g/mol. The smallest absolute Gasteiger partial charge is 0.162 e. The number of aromatic nitrogens is 3. The maximum absolute atomic E-state index is 5.49. The molecule has 3 heterocycles. The van der Waals surface area contributed by atoms with Gasteiger partial charge in [-0.25, -0.2) is 9.97 Å². The molecule has 7 heteroatoms. The average molecular weight is 445 g/mol. The molecule has 0 saturated carbocycles. The highest BCUT2D eigenvalue weighted by molar-refractivity contribution is 7.15. The van der Waals surface area contributed by atoms with Crippen LogP contribution in [0.5, 0.6) is 11.5 Å². The zero-order valence-electron chi connectivity index (χ0n) is 18.4. The summed E-state index contributed by atoms with van der Waals surface area (Å²) in [7, 11) is 3.26. The zero-order chi connectivity index (χ0) is 22.2. The van der Waals surface area contributed by atoms with Gasteiger partial charge in [-0.2, -0.15) is 0 Å². The monoisotopic (exact) mass is 444 g/mol. The molecule has 162 valence electrons. The molecule has 1 atom stereocenters. The minimum atomic E-state index is 0.0739. The average Bonchev–Trinajstić information content (AvgIpc) is 3.47. The van der Waals surface area contributed by atoms with Crippen LogP contribution in [0, 0.1) is 6.92 Å². The van der Waals surface area contributed by atoms with Crippen LogP contribution < -0.4 is 14.8 Å². The molecule has 5 aromatic rings. The van der Waals surface area contributed by atoms with Crippen LogP contribution in [0.25, 0.3) is 32.2 Å². The number of thiophene rings is 1. The van der Waals surface area contributed by atoms with Crippen LogP contribution in [0.2, 0.25) is 0 Å². The molecule has 5 rings (SSSR count). The summed E-state index contributed by atoms with van der Waals surface area (Å²) in [6.07, 6.45) is 1.98. The van der Waals surface area contributed by atoms with Crippen molar-refractivity contribution in [2.75, 3.05) is 19.5 Å². The first kappa shape index (κ1) is 20.3. The number of fused-ring (bicyclic) bond motifs is 2. The van der Waals surface area contributed by atoms with Crippen LogP contribution >= 0.6 is 11.3 Å². The molecule has 6 nitrogen and oxygen atoms in total. The minimum Gasteiger partial charge on any atom is -0.493 e. The molecule has 0 aliphatic carbocycles. The highest BCUT2D eigenvalue weighted by atomic mass is 32.1. The molecule has 0 radical (unpaired) electrons. The number of anilines is 1. The predicted octanol–water partition coefficient (Wildman–Crippen LogP) is 6.34. The van der Waals surface area contributed by atoms with E-state index in [9.17, 15) is 0 Å². The fourth-order valence-electron chi connectivity index (χ4n) is 3.99. The third-order valence-electron chi connectivity index (χ3n) is 5.58. The summed E-state index contributed by atoms with van der Waals surface area (Å²) in [5.41, 5.74) is 3.21. The van der Waals surface area contributed by atoms with Gasteiger partial charge in [-0.05, 0) is 44.2 Å². The maximum Gasteiger partial charge on any atom is 0.162 e. The summed E-state index contributed by atoms with van der Waals surface area (Å²) in [6, 6.07) is 16.8. The highest BCUT2D eigenvalue weighted by Crippen LogP contribution is 2.38. The number of nitrogens with one attached hydrogen (secondary N) is 2. The van der Waals surface area contributed by atoms with Crippen molar-refractivity contribution in [3.05, 3.63) is 65.4 Å². The fourth-order valence-corrected chi connectivity index (χ4v) is 5.04. The van der Waals surface area contributed by atoms with Crippen molar-refractivity contribution in [3.63, 3.8) is 0 Å². The normalized spacial score (nSPS) is 12.2. The zero-order valence-corrected chi connectivity index (χ0v) is 19.2. The van der Waals surface area contributed by atoms with E-state index >= 15 is 0 Å². The van der Waals surface area contributed by atoms with Gasteiger partial charge in [0.05, 0.1) is 25.8 Å². The van der Waals surface area contributed by atoms with E-state index < -0.39 is 0 Å². The largest absolute Gasteiger partial charge is 0.493 e. The summed E-state index contributed by atoms with van der Waals surface area (Å²) < 4.78 is 10.9. The first-order valence-corrected chi connectivity index (χ1v) is 11.2. The third kappa shape index (κ3) is 3.54. The van der Waals surface area contributed by atoms with E-state index in [1.54, 1.807) is 25.6 Å². The number of rotatable bonds is 6. The van der Waals surface area contributed by atoms with Crippen LogP contribution in [0.15, 0.2) is 54.7 Å². The first-order chi connectivity index (χ1) is 15.6. The quantitative estimate of drug-likeness (QED) is 0.320. The molecule has 1 unspecified atom stereocenters. The van der Waals surface area contributed by atoms with Gasteiger partial charge < -0.3 is 19.8 Å². The highest BCUT2D eigenvalue weighted by Gasteiger charge is 2.16. The number of nitrogens with zero attached hydrogens (tertiary/aromatic N) is 2. The summed E-state index contributed by atoms with van der Waals surface area (Å²) >= 11 is 1.79. The van der Waals surface area contributed by atoms with Crippen LogP contribution in [0.1, 0.15) is 23.7 Å². The molecular formula is C25H24N4O2S. The van der Waals surface area contributed by atoms with Gasteiger partial charge in [0.2, 0.25) is 0 Å². The second-order valence-corrected chi connectivity index (χ2v) is 8.77. The standard InChI is InChI=1S/C25H24N4O2S/c1-14(23-8-9-24(32-23)17-6-5-7-19-16(17)10-11-26-19)27-25-18-12-21(30-3)22(31-4)13-20(18)28-15(2)29-25/h5-14,26H,1-4H3,(H,27,28,29). The van der Waals surface area contributed by atoms with E-state index in [2.05, 4.69) is 63.6 Å². The number of hydrogen-bond donors (Lipinski definition) is 2. The van der Waals surface area contributed by atoms with Gasteiger partial charge in [-0.3, -0.25) is 0 Å². The molecule has 0 fully saturated rings. The Hall–Kier alpha value is -3.58. The molecule has 0 spiro atoms. The van der Waals surface area contributed by atoms with E-state index in [1.165, 1.54) is 20.7 Å². The molecule has 3 aromatic heterocycles. The number of hydrogen-bond acceptors (Lipinski definition) is 6. The van der Waals surface area contributed by atoms with Crippen LogP contribution in [-0.2, 0) is 0 Å². The second-order valence-electron chi connectivity index (χ2n) is 7.66. The van der Waals surface area contributed by atoms with Crippen LogP contribution in [0.3, 0.4) is 0 Å². The lowest BCUT2D eigenvalue weighted by Gasteiger charge is -2.16. The van der Waals surface area contributed by atoms with E-state index in [4.69, 9.17) is 9.47 Å². The van der Waals surface area contributed by atoms with Gasteiger partial charge in [0, 0.05) is 43.9 Å². The van der Waals surface area contributed by atoms with Crippen molar-refractivity contribution in [2.24, 2.45) is 0 Å². The van der Waals surface area contributed by atoms with Gasteiger partial charge in [-0.15, -0.1) is 11.3 Å².